The molecule has 36 heavy (non-hydrogen) atoms. The first-order valence-electron chi connectivity index (χ1n) is 12.0. The van der Waals surface area contributed by atoms with Crippen molar-refractivity contribution < 1.29 is 14.3 Å². The zero-order chi connectivity index (χ0) is 24.9. The van der Waals surface area contributed by atoms with Gasteiger partial charge in [0.15, 0.2) is 0 Å². The predicted octanol–water partition coefficient (Wildman–Crippen LogP) is 4.28. The maximum Gasteiger partial charge on any atom is 0.227 e. The van der Waals surface area contributed by atoms with Crippen molar-refractivity contribution >= 4 is 17.5 Å². The van der Waals surface area contributed by atoms with Crippen LogP contribution in [0.5, 0.6) is 5.75 Å². The highest BCUT2D eigenvalue weighted by Gasteiger charge is 2.35. The number of nitrogens with one attached hydrogen (secondary N) is 1. The molecule has 0 aliphatic carbocycles. The molecule has 1 aromatic heterocycles. The average Bonchev–Trinajstić information content (AvgIpc) is 3.57. The van der Waals surface area contributed by atoms with E-state index in [-0.39, 0.29) is 24.2 Å². The molecule has 4 aromatic rings. The molecule has 2 heterocycles. The van der Waals surface area contributed by atoms with Crippen LogP contribution in [0.3, 0.4) is 0 Å². The summed E-state index contributed by atoms with van der Waals surface area (Å²) in [5.74, 6) is 0.193. The molecule has 1 aliphatic rings. The molecule has 7 nitrogen and oxygen atoms in total. The molecular formula is C29H28N4O3. The lowest BCUT2D eigenvalue weighted by Crippen LogP contribution is -2.32. The summed E-state index contributed by atoms with van der Waals surface area (Å²) in [6.07, 6.45) is 3.92. The van der Waals surface area contributed by atoms with E-state index >= 15 is 0 Å². The average molecular weight is 481 g/mol. The van der Waals surface area contributed by atoms with Crippen LogP contribution in [0.25, 0.3) is 11.1 Å². The number of aromatic nitrogens is 2. The quantitative estimate of drug-likeness (QED) is 0.409. The SMILES string of the molecule is COc1ccc(N2CC(C(=O)NCc3ccccc3-c3ccc(Cn4cccn4)cc3)CC2=O)cc1. The van der Waals surface area contributed by atoms with Crippen molar-refractivity contribution in [2.24, 2.45) is 5.92 Å². The molecule has 182 valence electrons. The van der Waals surface area contributed by atoms with Gasteiger partial charge in [-0.2, -0.15) is 5.10 Å². The zero-order valence-corrected chi connectivity index (χ0v) is 20.1. The van der Waals surface area contributed by atoms with Crippen LogP contribution in [-0.4, -0.2) is 35.2 Å². The first-order valence-corrected chi connectivity index (χ1v) is 12.0. The number of methoxy groups -OCH3 is 1. The lowest BCUT2D eigenvalue weighted by molar-refractivity contribution is -0.126. The van der Waals surface area contributed by atoms with Gasteiger partial charge in [-0.05, 0) is 52.6 Å². The molecule has 1 N–H and O–H groups in total. The van der Waals surface area contributed by atoms with Gasteiger partial charge in [-0.1, -0.05) is 48.5 Å². The molecule has 0 spiro atoms. The second-order valence-corrected chi connectivity index (χ2v) is 8.88. The monoisotopic (exact) mass is 480 g/mol. The van der Waals surface area contributed by atoms with Gasteiger partial charge in [-0.25, -0.2) is 0 Å². The Morgan fingerprint density at radius 3 is 2.53 bits per heavy atom. The zero-order valence-electron chi connectivity index (χ0n) is 20.1. The van der Waals surface area contributed by atoms with Gasteiger partial charge in [0.1, 0.15) is 5.75 Å². The molecule has 1 saturated heterocycles. The summed E-state index contributed by atoms with van der Waals surface area (Å²) < 4.78 is 7.08. The van der Waals surface area contributed by atoms with E-state index in [1.165, 1.54) is 5.56 Å². The van der Waals surface area contributed by atoms with Crippen molar-refractivity contribution in [2.45, 2.75) is 19.5 Å². The fourth-order valence-electron chi connectivity index (χ4n) is 4.55. The van der Waals surface area contributed by atoms with Crippen LogP contribution in [0.1, 0.15) is 17.5 Å². The van der Waals surface area contributed by atoms with E-state index < -0.39 is 0 Å². The van der Waals surface area contributed by atoms with Crippen molar-refractivity contribution in [3.05, 3.63) is 102 Å². The highest BCUT2D eigenvalue weighted by Crippen LogP contribution is 2.28. The first kappa shape index (κ1) is 23.4. The lowest BCUT2D eigenvalue weighted by Gasteiger charge is -2.17. The van der Waals surface area contributed by atoms with E-state index in [1.54, 1.807) is 18.2 Å². The molecule has 5 rings (SSSR count). The number of hydrogen-bond acceptors (Lipinski definition) is 4. The maximum atomic E-state index is 13.0. The van der Waals surface area contributed by atoms with Gasteiger partial charge in [0.25, 0.3) is 0 Å². The summed E-state index contributed by atoms with van der Waals surface area (Å²) in [5, 5.41) is 7.31. The standard InChI is InChI=1S/C29H28N4O3/c1-36-26-13-11-25(12-14-26)33-20-24(17-28(33)34)29(35)30-18-23-5-2-3-6-27(23)22-9-7-21(8-10-22)19-32-16-4-15-31-32/h2-16,24H,17-20H2,1H3,(H,30,35). The number of ether oxygens (including phenoxy) is 1. The van der Waals surface area contributed by atoms with Crippen LogP contribution in [0, 0.1) is 5.92 Å². The molecular weight excluding hydrogens is 452 g/mol. The molecule has 1 aliphatic heterocycles. The van der Waals surface area contributed by atoms with Gasteiger partial charge in [-0.3, -0.25) is 14.3 Å². The van der Waals surface area contributed by atoms with Crippen molar-refractivity contribution in [1.29, 1.82) is 0 Å². The van der Waals surface area contributed by atoms with Crippen LogP contribution in [0.15, 0.2) is 91.3 Å². The van der Waals surface area contributed by atoms with E-state index in [4.69, 9.17) is 4.74 Å². The third kappa shape index (κ3) is 5.15. The summed E-state index contributed by atoms with van der Waals surface area (Å²) in [6.45, 7) is 1.49. The van der Waals surface area contributed by atoms with Gasteiger partial charge in [-0.15, -0.1) is 0 Å². The van der Waals surface area contributed by atoms with Crippen LogP contribution >= 0.6 is 0 Å². The van der Waals surface area contributed by atoms with Crippen molar-refractivity contribution in [1.82, 2.24) is 15.1 Å². The summed E-state index contributed by atoms with van der Waals surface area (Å²) in [6, 6.07) is 25.7. The Bertz CT molecular complexity index is 1330. The van der Waals surface area contributed by atoms with E-state index in [0.29, 0.717) is 13.1 Å². The first-order chi connectivity index (χ1) is 17.6. The second kappa shape index (κ2) is 10.5. The number of nitrogens with zero attached hydrogens (tertiary/aromatic N) is 3. The second-order valence-electron chi connectivity index (χ2n) is 8.88. The number of hydrogen-bond donors (Lipinski definition) is 1. The number of amides is 2. The third-order valence-electron chi connectivity index (χ3n) is 6.52. The topological polar surface area (TPSA) is 76.5 Å². The number of benzene rings is 3. The molecule has 0 saturated carbocycles. The van der Waals surface area contributed by atoms with Crippen LogP contribution < -0.4 is 15.0 Å². The maximum absolute atomic E-state index is 13.0. The number of carbonyl (C=O) groups is 2. The minimum Gasteiger partial charge on any atom is -0.497 e. The summed E-state index contributed by atoms with van der Waals surface area (Å²) >= 11 is 0. The molecule has 3 aromatic carbocycles. The fourth-order valence-corrected chi connectivity index (χ4v) is 4.55. The van der Waals surface area contributed by atoms with Crippen LogP contribution in [0.4, 0.5) is 5.69 Å². The summed E-state index contributed by atoms with van der Waals surface area (Å²) in [5.41, 5.74) is 5.14. The molecule has 0 bridgehead atoms. The minimum absolute atomic E-state index is 0.0454. The molecule has 7 heteroatoms. The van der Waals surface area contributed by atoms with Crippen LogP contribution in [0.2, 0.25) is 0 Å². The van der Waals surface area contributed by atoms with Crippen LogP contribution in [-0.2, 0) is 22.7 Å². The highest BCUT2D eigenvalue weighted by molar-refractivity contribution is 6.00. The summed E-state index contributed by atoms with van der Waals surface area (Å²) in [7, 11) is 1.60. The normalized spacial score (nSPS) is 15.2. The lowest BCUT2D eigenvalue weighted by atomic mass is 9.98. The molecule has 2 amide bonds. The fraction of sp³-hybridized carbons (Fsp3) is 0.207. The van der Waals surface area contributed by atoms with Crippen molar-refractivity contribution in [3.8, 4) is 16.9 Å². The van der Waals surface area contributed by atoms with E-state index in [2.05, 4.69) is 40.7 Å². The molecule has 0 radical (unpaired) electrons. The number of anilines is 1. The van der Waals surface area contributed by atoms with Gasteiger partial charge >= 0.3 is 0 Å². The predicted molar refractivity (Wildman–Crippen MR) is 139 cm³/mol. The van der Waals surface area contributed by atoms with Crippen molar-refractivity contribution in [2.75, 3.05) is 18.6 Å². The number of rotatable bonds is 8. The Morgan fingerprint density at radius 1 is 1.03 bits per heavy atom. The Hall–Kier alpha value is -4.39. The largest absolute Gasteiger partial charge is 0.497 e. The Kier molecular flexibility index (Phi) is 6.80. The molecule has 1 fully saturated rings. The molecule has 1 atom stereocenters. The van der Waals surface area contributed by atoms with E-state index in [9.17, 15) is 9.59 Å². The number of carbonyl (C=O) groups excluding carboxylic acids is 2. The van der Waals surface area contributed by atoms with Gasteiger partial charge in [0, 0.05) is 37.6 Å². The van der Waals surface area contributed by atoms with Gasteiger partial charge in [0.2, 0.25) is 11.8 Å². The minimum atomic E-state index is -0.381. The Balaban J connectivity index is 1.22. The Labute approximate surface area is 210 Å². The van der Waals surface area contributed by atoms with E-state index in [1.807, 2.05) is 59.4 Å². The highest BCUT2D eigenvalue weighted by atomic mass is 16.5. The summed E-state index contributed by atoms with van der Waals surface area (Å²) in [4.78, 5) is 27.2. The Morgan fingerprint density at radius 2 is 1.81 bits per heavy atom. The smallest absolute Gasteiger partial charge is 0.227 e. The van der Waals surface area contributed by atoms with Gasteiger partial charge < -0.3 is 15.0 Å². The van der Waals surface area contributed by atoms with E-state index in [0.717, 1.165) is 34.7 Å². The third-order valence-corrected chi connectivity index (χ3v) is 6.52. The van der Waals surface area contributed by atoms with Gasteiger partial charge in [0.05, 0.1) is 19.6 Å². The van der Waals surface area contributed by atoms with Crippen molar-refractivity contribution in [3.63, 3.8) is 0 Å². The molecule has 1 unspecified atom stereocenters.